The van der Waals surface area contributed by atoms with Crippen molar-refractivity contribution in [2.24, 2.45) is 0 Å². The summed E-state index contributed by atoms with van der Waals surface area (Å²) in [4.78, 5) is 15.4. The SMILES string of the molecule is O=C(O)c1cc2nc(Cl)ccc2n1S(=O)(=O)c1ccccc1. The smallest absolute Gasteiger partial charge is 0.353 e. The number of hydrogen-bond donors (Lipinski definition) is 1. The van der Waals surface area contributed by atoms with E-state index >= 15 is 0 Å². The minimum atomic E-state index is -4.06. The van der Waals surface area contributed by atoms with E-state index in [1.54, 1.807) is 18.2 Å². The van der Waals surface area contributed by atoms with Gasteiger partial charge in [-0.25, -0.2) is 22.2 Å². The fourth-order valence-corrected chi connectivity index (χ4v) is 3.81. The third-order valence-electron chi connectivity index (χ3n) is 3.08. The van der Waals surface area contributed by atoms with Crippen molar-refractivity contribution in [1.29, 1.82) is 0 Å². The number of pyridine rings is 1. The van der Waals surface area contributed by atoms with E-state index in [4.69, 9.17) is 11.6 Å². The van der Waals surface area contributed by atoms with Crippen LogP contribution in [0.4, 0.5) is 0 Å². The van der Waals surface area contributed by atoms with E-state index in [2.05, 4.69) is 4.98 Å². The molecule has 8 heteroatoms. The predicted octanol–water partition coefficient (Wildman–Crippen LogP) is 2.62. The molecule has 6 nitrogen and oxygen atoms in total. The highest BCUT2D eigenvalue weighted by Gasteiger charge is 2.26. The van der Waals surface area contributed by atoms with Crippen molar-refractivity contribution >= 4 is 38.6 Å². The lowest BCUT2D eigenvalue weighted by atomic mass is 10.4. The van der Waals surface area contributed by atoms with Gasteiger partial charge >= 0.3 is 5.97 Å². The van der Waals surface area contributed by atoms with Gasteiger partial charge in [-0.05, 0) is 30.3 Å². The van der Waals surface area contributed by atoms with Crippen LogP contribution in [0.15, 0.2) is 53.4 Å². The van der Waals surface area contributed by atoms with Gasteiger partial charge in [-0.3, -0.25) is 0 Å². The van der Waals surface area contributed by atoms with Gasteiger partial charge in [0.05, 0.1) is 15.9 Å². The minimum absolute atomic E-state index is 0.00931. The van der Waals surface area contributed by atoms with Crippen molar-refractivity contribution in [3.8, 4) is 0 Å². The number of hydrogen-bond acceptors (Lipinski definition) is 4. The molecular formula is C14H9ClN2O4S. The number of nitrogens with zero attached hydrogens (tertiary/aromatic N) is 2. The van der Waals surface area contributed by atoms with E-state index in [1.165, 1.54) is 30.3 Å². The zero-order valence-electron chi connectivity index (χ0n) is 11.0. The molecule has 22 heavy (non-hydrogen) atoms. The quantitative estimate of drug-likeness (QED) is 0.743. The average molecular weight is 337 g/mol. The minimum Gasteiger partial charge on any atom is -0.477 e. The number of fused-ring (bicyclic) bond motifs is 1. The Morgan fingerprint density at radius 1 is 1.14 bits per heavy atom. The van der Waals surface area contributed by atoms with E-state index in [9.17, 15) is 18.3 Å². The van der Waals surface area contributed by atoms with E-state index in [0.717, 1.165) is 3.97 Å². The van der Waals surface area contributed by atoms with Gasteiger partial charge in [-0.2, -0.15) is 0 Å². The molecule has 2 aromatic heterocycles. The second kappa shape index (κ2) is 5.11. The first-order chi connectivity index (χ1) is 10.4. The largest absolute Gasteiger partial charge is 0.477 e. The fourth-order valence-electron chi connectivity index (χ4n) is 2.14. The van der Waals surface area contributed by atoms with Crippen LogP contribution in [0.5, 0.6) is 0 Å². The molecular weight excluding hydrogens is 328 g/mol. The number of carbonyl (C=O) groups is 1. The van der Waals surface area contributed by atoms with E-state index < -0.39 is 21.7 Å². The van der Waals surface area contributed by atoms with Gasteiger partial charge in [0.25, 0.3) is 10.0 Å². The maximum Gasteiger partial charge on any atom is 0.353 e. The van der Waals surface area contributed by atoms with Crippen LogP contribution in [0.2, 0.25) is 5.15 Å². The molecule has 2 heterocycles. The number of rotatable bonds is 3. The Morgan fingerprint density at radius 3 is 2.45 bits per heavy atom. The van der Waals surface area contributed by atoms with Gasteiger partial charge in [0.1, 0.15) is 10.8 Å². The summed E-state index contributed by atoms with van der Waals surface area (Å²) < 4.78 is 26.3. The molecule has 1 N–H and O–H groups in total. The van der Waals surface area contributed by atoms with Crippen molar-refractivity contribution in [3.63, 3.8) is 0 Å². The molecule has 3 rings (SSSR count). The summed E-state index contributed by atoms with van der Waals surface area (Å²) >= 11 is 5.77. The summed E-state index contributed by atoms with van der Waals surface area (Å²) in [6, 6.07) is 11.6. The second-order valence-corrected chi connectivity index (χ2v) is 6.63. The first-order valence-corrected chi connectivity index (χ1v) is 7.95. The van der Waals surface area contributed by atoms with Crippen LogP contribution >= 0.6 is 11.6 Å². The standard InChI is InChI=1S/C14H9ClN2O4S/c15-13-7-6-11-10(16-13)8-12(14(18)19)17(11)22(20,21)9-4-2-1-3-5-9/h1-8H,(H,18,19). The highest BCUT2D eigenvalue weighted by atomic mass is 35.5. The Kier molecular flexibility index (Phi) is 3.38. The monoisotopic (exact) mass is 336 g/mol. The molecule has 0 radical (unpaired) electrons. The Morgan fingerprint density at radius 2 is 1.82 bits per heavy atom. The summed E-state index contributed by atoms with van der Waals surface area (Å²) in [7, 11) is -4.06. The molecule has 0 saturated carbocycles. The Balaban J connectivity index is 2.39. The van der Waals surface area contributed by atoms with Crippen molar-refractivity contribution in [1.82, 2.24) is 8.96 Å². The van der Waals surface area contributed by atoms with E-state index in [0.29, 0.717) is 0 Å². The molecule has 0 fully saturated rings. The zero-order chi connectivity index (χ0) is 15.9. The lowest BCUT2D eigenvalue weighted by Gasteiger charge is -2.09. The number of halogens is 1. The van der Waals surface area contributed by atoms with E-state index in [1.807, 2.05) is 0 Å². The van der Waals surface area contributed by atoms with Gasteiger partial charge in [0.2, 0.25) is 0 Å². The van der Waals surface area contributed by atoms with Crippen molar-refractivity contribution < 1.29 is 18.3 Å². The van der Waals surface area contributed by atoms with Crippen LogP contribution in [0.3, 0.4) is 0 Å². The van der Waals surface area contributed by atoms with Crippen molar-refractivity contribution in [2.75, 3.05) is 0 Å². The topological polar surface area (TPSA) is 89.3 Å². The van der Waals surface area contributed by atoms with Gasteiger partial charge < -0.3 is 5.11 Å². The highest BCUT2D eigenvalue weighted by molar-refractivity contribution is 7.90. The van der Waals surface area contributed by atoms with E-state index in [-0.39, 0.29) is 21.1 Å². The number of aromatic carboxylic acids is 1. The summed E-state index contributed by atoms with van der Waals surface area (Å²) in [6.45, 7) is 0. The lowest BCUT2D eigenvalue weighted by molar-refractivity contribution is 0.0689. The maximum atomic E-state index is 12.8. The van der Waals surface area contributed by atoms with Crippen molar-refractivity contribution in [2.45, 2.75) is 4.90 Å². The molecule has 1 aromatic carbocycles. The molecule has 3 aromatic rings. The van der Waals surface area contributed by atoms with Crippen molar-refractivity contribution in [3.05, 3.63) is 59.4 Å². The summed E-state index contributed by atoms with van der Waals surface area (Å²) in [5.74, 6) is -1.37. The zero-order valence-corrected chi connectivity index (χ0v) is 12.5. The molecule has 0 aliphatic heterocycles. The number of aromatic nitrogens is 2. The van der Waals surface area contributed by atoms with Crippen LogP contribution in [-0.2, 0) is 10.0 Å². The summed E-state index contributed by atoms with van der Waals surface area (Å²) in [5, 5.41) is 9.45. The molecule has 0 aliphatic carbocycles. The van der Waals surface area contributed by atoms with Crippen LogP contribution in [0, 0.1) is 0 Å². The molecule has 0 aliphatic rings. The summed E-state index contributed by atoms with van der Waals surface area (Å²) in [5.41, 5.74) is -0.0383. The molecule has 0 atom stereocenters. The third kappa shape index (κ3) is 2.24. The molecule has 0 bridgehead atoms. The highest BCUT2D eigenvalue weighted by Crippen LogP contribution is 2.26. The first kappa shape index (κ1) is 14.6. The second-order valence-electron chi connectivity index (χ2n) is 4.46. The molecule has 0 amide bonds. The fraction of sp³-hybridized carbons (Fsp3) is 0. The average Bonchev–Trinajstić information content (AvgIpc) is 2.87. The normalized spacial score (nSPS) is 11.7. The van der Waals surface area contributed by atoms with Gasteiger partial charge in [0.15, 0.2) is 0 Å². The molecule has 0 saturated heterocycles. The Bertz CT molecular complexity index is 981. The Labute approximate surface area is 130 Å². The first-order valence-electron chi connectivity index (χ1n) is 6.13. The van der Waals surface area contributed by atoms with Crippen LogP contribution in [0.1, 0.15) is 10.5 Å². The van der Waals surface area contributed by atoms with Gasteiger partial charge in [0, 0.05) is 0 Å². The summed E-state index contributed by atoms with van der Waals surface area (Å²) in [6.07, 6.45) is 0. The van der Waals surface area contributed by atoms with Gasteiger partial charge in [-0.15, -0.1) is 0 Å². The lowest BCUT2D eigenvalue weighted by Crippen LogP contribution is -2.18. The number of carboxylic acids is 1. The third-order valence-corrected chi connectivity index (χ3v) is 5.03. The van der Waals surface area contributed by atoms with Crippen LogP contribution in [-0.4, -0.2) is 28.5 Å². The number of carboxylic acid groups (broad SMARTS) is 1. The predicted molar refractivity (Wildman–Crippen MR) is 80.7 cm³/mol. The molecule has 112 valence electrons. The molecule has 0 spiro atoms. The van der Waals surface area contributed by atoms with Crippen LogP contribution in [0.25, 0.3) is 11.0 Å². The maximum absolute atomic E-state index is 12.8. The van der Waals surface area contributed by atoms with Crippen LogP contribution < -0.4 is 0 Å². The Hall–Kier alpha value is -2.38. The molecule has 0 unspecified atom stereocenters. The van der Waals surface area contributed by atoms with Gasteiger partial charge in [-0.1, -0.05) is 29.8 Å². The number of benzene rings is 1.